The van der Waals surface area contributed by atoms with E-state index >= 15 is 0 Å². The molecule has 1 aromatic carbocycles. The molecule has 1 atom stereocenters. The molecule has 3 rings (SSSR count). The molecule has 1 unspecified atom stereocenters. The van der Waals surface area contributed by atoms with E-state index in [1.165, 1.54) is 36.3 Å². The lowest BCUT2D eigenvalue weighted by Gasteiger charge is -2.25. The van der Waals surface area contributed by atoms with Crippen LogP contribution in [0.25, 0.3) is 0 Å². The van der Waals surface area contributed by atoms with E-state index < -0.39 is 10.0 Å². The van der Waals surface area contributed by atoms with Crippen LogP contribution in [-0.4, -0.2) is 49.7 Å². The molecule has 0 aromatic heterocycles. The number of nitriles is 1. The van der Waals surface area contributed by atoms with Gasteiger partial charge in [0.1, 0.15) is 0 Å². The van der Waals surface area contributed by atoms with Crippen molar-refractivity contribution in [3.05, 3.63) is 29.8 Å². The summed E-state index contributed by atoms with van der Waals surface area (Å²) in [7, 11) is -2.12. The second kappa shape index (κ2) is 7.14. The summed E-state index contributed by atoms with van der Waals surface area (Å²) in [4.78, 5) is 14.3. The number of rotatable bonds is 5. The van der Waals surface area contributed by atoms with Crippen LogP contribution in [0.3, 0.4) is 0 Å². The fraction of sp³-hybridized carbons (Fsp3) is 0.556. The Morgan fingerprint density at radius 2 is 2.04 bits per heavy atom. The highest BCUT2D eigenvalue weighted by Gasteiger charge is 2.37. The van der Waals surface area contributed by atoms with E-state index in [2.05, 4.69) is 0 Å². The van der Waals surface area contributed by atoms with Crippen LogP contribution < -0.4 is 0 Å². The van der Waals surface area contributed by atoms with Crippen molar-refractivity contribution < 1.29 is 13.2 Å². The number of carbonyl (C=O) groups is 1. The molecular formula is C18H23N3O3S. The molecule has 1 saturated heterocycles. The Balaban J connectivity index is 1.68. The fourth-order valence-electron chi connectivity index (χ4n) is 3.87. The van der Waals surface area contributed by atoms with Gasteiger partial charge in [-0.1, -0.05) is 18.9 Å². The molecule has 25 heavy (non-hydrogen) atoms. The van der Waals surface area contributed by atoms with E-state index in [1.807, 2.05) is 11.0 Å². The first-order valence-electron chi connectivity index (χ1n) is 8.68. The molecule has 7 heteroatoms. The summed E-state index contributed by atoms with van der Waals surface area (Å²) in [6, 6.07) is 8.33. The molecule has 0 spiro atoms. The van der Waals surface area contributed by atoms with Crippen molar-refractivity contribution >= 4 is 15.9 Å². The van der Waals surface area contributed by atoms with Crippen molar-refractivity contribution in [2.45, 2.75) is 43.0 Å². The minimum atomic E-state index is -3.66. The molecule has 2 aliphatic rings. The molecule has 1 saturated carbocycles. The number of nitrogens with zero attached hydrogens (tertiary/aromatic N) is 3. The predicted molar refractivity (Wildman–Crippen MR) is 93.0 cm³/mol. The second-order valence-corrected chi connectivity index (χ2v) is 9.02. The lowest BCUT2D eigenvalue weighted by Crippen LogP contribution is -2.36. The summed E-state index contributed by atoms with van der Waals surface area (Å²) < 4.78 is 26.8. The zero-order valence-corrected chi connectivity index (χ0v) is 15.2. The third-order valence-corrected chi connectivity index (χ3v) is 7.01. The van der Waals surface area contributed by atoms with Gasteiger partial charge >= 0.3 is 0 Å². The average molecular weight is 361 g/mol. The fourth-order valence-corrected chi connectivity index (χ4v) is 5.16. The number of hydrogen-bond donors (Lipinski definition) is 0. The topological polar surface area (TPSA) is 81.5 Å². The van der Waals surface area contributed by atoms with Crippen molar-refractivity contribution in [2.24, 2.45) is 5.92 Å². The van der Waals surface area contributed by atoms with Gasteiger partial charge in [0.25, 0.3) is 0 Å². The third-order valence-electron chi connectivity index (χ3n) is 5.19. The number of likely N-dealkylation sites (tertiary alicyclic amines) is 1. The van der Waals surface area contributed by atoms with Gasteiger partial charge in [0.15, 0.2) is 0 Å². The monoisotopic (exact) mass is 361 g/mol. The van der Waals surface area contributed by atoms with E-state index in [4.69, 9.17) is 5.26 Å². The Kier molecular flexibility index (Phi) is 5.11. The molecule has 0 bridgehead atoms. The Hall–Kier alpha value is -1.91. The average Bonchev–Trinajstić information content (AvgIpc) is 3.24. The summed E-state index contributed by atoms with van der Waals surface area (Å²) in [5, 5.41) is 8.96. The molecule has 2 fully saturated rings. The largest absolute Gasteiger partial charge is 0.339 e. The minimum Gasteiger partial charge on any atom is -0.339 e. The number of hydrogen-bond acceptors (Lipinski definition) is 4. The minimum absolute atomic E-state index is 0.0204. The first kappa shape index (κ1) is 17.9. The zero-order chi connectivity index (χ0) is 18.0. The molecule has 1 aliphatic heterocycles. The van der Waals surface area contributed by atoms with Gasteiger partial charge in [-0.15, -0.1) is 0 Å². The van der Waals surface area contributed by atoms with Crippen molar-refractivity contribution in [1.82, 2.24) is 9.21 Å². The van der Waals surface area contributed by atoms with Crippen LogP contribution in [-0.2, 0) is 14.8 Å². The van der Waals surface area contributed by atoms with Crippen LogP contribution in [0.2, 0.25) is 0 Å². The Morgan fingerprint density at radius 3 is 2.72 bits per heavy atom. The van der Waals surface area contributed by atoms with Crippen LogP contribution in [0.5, 0.6) is 0 Å². The summed E-state index contributed by atoms with van der Waals surface area (Å²) in [5.41, 5.74) is 0.318. The van der Waals surface area contributed by atoms with Gasteiger partial charge in [-0.2, -0.15) is 5.26 Å². The molecular weight excluding hydrogens is 338 g/mol. The molecule has 0 radical (unpaired) electrons. The SMILES string of the molecule is CN(CC1CC(=O)N(C2CCCC2)C1)S(=O)(=O)c1cccc(C#N)c1. The van der Waals surface area contributed by atoms with Gasteiger partial charge in [0, 0.05) is 32.6 Å². The Morgan fingerprint density at radius 1 is 1.32 bits per heavy atom. The van der Waals surface area contributed by atoms with Gasteiger partial charge in [-0.3, -0.25) is 4.79 Å². The van der Waals surface area contributed by atoms with E-state index in [1.54, 1.807) is 12.1 Å². The van der Waals surface area contributed by atoms with E-state index in [-0.39, 0.29) is 16.7 Å². The van der Waals surface area contributed by atoms with Gasteiger partial charge in [-0.25, -0.2) is 12.7 Å². The molecule has 0 N–H and O–H groups in total. The van der Waals surface area contributed by atoms with Crippen molar-refractivity contribution in [1.29, 1.82) is 5.26 Å². The maximum absolute atomic E-state index is 12.7. The smallest absolute Gasteiger partial charge is 0.242 e. The highest BCUT2D eigenvalue weighted by atomic mass is 32.2. The molecule has 134 valence electrons. The second-order valence-electron chi connectivity index (χ2n) is 6.98. The van der Waals surface area contributed by atoms with Crippen LogP contribution in [0.1, 0.15) is 37.7 Å². The summed E-state index contributed by atoms with van der Waals surface area (Å²) in [5.74, 6) is 0.168. The maximum Gasteiger partial charge on any atom is 0.242 e. The van der Waals surface area contributed by atoms with Gasteiger partial charge in [-0.05, 0) is 37.0 Å². The number of sulfonamides is 1. The third kappa shape index (κ3) is 3.70. The quantitative estimate of drug-likeness (QED) is 0.803. The summed E-state index contributed by atoms with van der Waals surface area (Å²) in [6.45, 7) is 0.954. The van der Waals surface area contributed by atoms with Gasteiger partial charge in [0.2, 0.25) is 15.9 Å². The van der Waals surface area contributed by atoms with Crippen molar-refractivity contribution in [3.8, 4) is 6.07 Å². The van der Waals surface area contributed by atoms with E-state index in [9.17, 15) is 13.2 Å². The molecule has 1 amide bonds. The van der Waals surface area contributed by atoms with Crippen LogP contribution in [0.4, 0.5) is 0 Å². The van der Waals surface area contributed by atoms with Crippen LogP contribution in [0.15, 0.2) is 29.2 Å². The first-order chi connectivity index (χ1) is 11.9. The van der Waals surface area contributed by atoms with E-state index in [0.717, 1.165) is 12.8 Å². The van der Waals surface area contributed by atoms with Crippen molar-refractivity contribution in [3.63, 3.8) is 0 Å². The Bertz CT molecular complexity index is 794. The summed E-state index contributed by atoms with van der Waals surface area (Å²) >= 11 is 0. The number of carbonyl (C=O) groups excluding carboxylic acids is 1. The predicted octanol–water partition coefficient (Wildman–Crippen LogP) is 1.97. The normalized spacial score (nSPS) is 21.9. The van der Waals surface area contributed by atoms with E-state index in [0.29, 0.717) is 31.1 Å². The van der Waals surface area contributed by atoms with Gasteiger partial charge < -0.3 is 4.90 Å². The zero-order valence-electron chi connectivity index (χ0n) is 14.4. The van der Waals surface area contributed by atoms with Crippen LogP contribution in [0, 0.1) is 17.2 Å². The molecule has 1 heterocycles. The van der Waals surface area contributed by atoms with Crippen molar-refractivity contribution in [2.75, 3.05) is 20.1 Å². The molecule has 1 aromatic rings. The molecule has 1 aliphatic carbocycles. The molecule has 6 nitrogen and oxygen atoms in total. The Labute approximate surface area is 149 Å². The number of benzene rings is 1. The first-order valence-corrected chi connectivity index (χ1v) is 10.1. The van der Waals surface area contributed by atoms with Gasteiger partial charge in [0.05, 0.1) is 16.5 Å². The number of amides is 1. The summed E-state index contributed by atoms with van der Waals surface area (Å²) in [6.07, 6.45) is 4.88. The maximum atomic E-state index is 12.7. The lowest BCUT2D eigenvalue weighted by atomic mass is 10.1. The highest BCUT2D eigenvalue weighted by Crippen LogP contribution is 2.30. The highest BCUT2D eigenvalue weighted by molar-refractivity contribution is 7.89. The van der Waals surface area contributed by atoms with Crippen LogP contribution >= 0.6 is 0 Å². The standard InChI is InChI=1S/C18H23N3O3S/c1-20(25(23,24)17-8-4-5-14(9-17)11-19)12-15-10-18(22)21(13-15)16-6-2-3-7-16/h4-5,8-9,15-16H,2-3,6-7,10,12-13H2,1H3. The lowest BCUT2D eigenvalue weighted by molar-refractivity contribution is -0.129.